The van der Waals surface area contributed by atoms with Gasteiger partial charge in [-0.2, -0.15) is 16.8 Å². The monoisotopic (exact) mass is 316 g/mol. The maximum atomic E-state index is 6.62. The van der Waals surface area contributed by atoms with Crippen molar-refractivity contribution in [1.82, 2.24) is 5.06 Å². The summed E-state index contributed by atoms with van der Waals surface area (Å²) in [5, 5.41) is 2.35. The standard InChI is InChI=1S/C15H32N2OSSi/c1-13(2,3)20(9,10)18-17-14(4,5)12(11-19-8)16-15(17,6)7/h11H2,1-10H3. The fourth-order valence-electron chi connectivity index (χ4n) is 2.25. The lowest BCUT2D eigenvalue weighted by atomic mass is 10.00. The Morgan fingerprint density at radius 3 is 2.10 bits per heavy atom. The van der Waals surface area contributed by atoms with E-state index in [9.17, 15) is 0 Å². The Labute approximate surface area is 130 Å². The number of thioether (sulfide) groups is 1. The summed E-state index contributed by atoms with van der Waals surface area (Å²) in [6.07, 6.45) is 2.13. The summed E-state index contributed by atoms with van der Waals surface area (Å²) in [6, 6.07) is 0. The van der Waals surface area contributed by atoms with Crippen LogP contribution in [0.2, 0.25) is 18.1 Å². The predicted molar refractivity (Wildman–Crippen MR) is 94.1 cm³/mol. The zero-order chi connectivity index (χ0) is 16.0. The fraction of sp³-hybridized carbons (Fsp3) is 0.933. The Morgan fingerprint density at radius 1 is 1.20 bits per heavy atom. The molecule has 0 aromatic carbocycles. The Balaban J connectivity index is 3.08. The number of hydrogen-bond acceptors (Lipinski definition) is 4. The molecule has 1 aliphatic heterocycles. The molecule has 0 saturated carbocycles. The zero-order valence-corrected chi connectivity index (χ0v) is 16.7. The highest BCUT2D eigenvalue weighted by Gasteiger charge is 2.52. The summed E-state index contributed by atoms with van der Waals surface area (Å²) >= 11 is 1.83. The van der Waals surface area contributed by atoms with Gasteiger partial charge in [0.2, 0.25) is 8.32 Å². The first-order valence-electron chi connectivity index (χ1n) is 7.33. The van der Waals surface area contributed by atoms with Crippen molar-refractivity contribution in [3.8, 4) is 0 Å². The van der Waals surface area contributed by atoms with Crippen molar-refractivity contribution in [2.75, 3.05) is 12.0 Å². The van der Waals surface area contributed by atoms with Gasteiger partial charge in [0.05, 0.1) is 5.54 Å². The van der Waals surface area contributed by atoms with Crippen molar-refractivity contribution in [3.05, 3.63) is 0 Å². The lowest BCUT2D eigenvalue weighted by molar-refractivity contribution is -0.171. The maximum Gasteiger partial charge on any atom is 0.220 e. The third-order valence-corrected chi connectivity index (χ3v) is 9.34. The van der Waals surface area contributed by atoms with Crippen LogP contribution >= 0.6 is 11.8 Å². The van der Waals surface area contributed by atoms with E-state index in [-0.39, 0.29) is 16.2 Å². The van der Waals surface area contributed by atoms with Crippen LogP contribution in [0.4, 0.5) is 0 Å². The molecular weight excluding hydrogens is 284 g/mol. The molecule has 0 N–H and O–H groups in total. The summed E-state index contributed by atoms with van der Waals surface area (Å²) in [4.78, 5) is 4.93. The summed E-state index contributed by atoms with van der Waals surface area (Å²) in [5.41, 5.74) is 0.806. The van der Waals surface area contributed by atoms with Crippen LogP contribution in [0.1, 0.15) is 48.5 Å². The molecule has 5 heteroatoms. The lowest BCUT2D eigenvalue weighted by Gasteiger charge is -2.47. The zero-order valence-electron chi connectivity index (χ0n) is 14.9. The Bertz CT molecular complexity index is 397. The highest BCUT2D eigenvalue weighted by atomic mass is 32.2. The number of hydroxylamine groups is 2. The van der Waals surface area contributed by atoms with Gasteiger partial charge in [-0.05, 0) is 52.1 Å². The van der Waals surface area contributed by atoms with Crippen LogP contribution in [0.25, 0.3) is 0 Å². The molecule has 0 fully saturated rings. The molecule has 1 rings (SSSR count). The predicted octanol–water partition coefficient (Wildman–Crippen LogP) is 4.56. The molecule has 0 saturated heterocycles. The minimum atomic E-state index is -1.85. The summed E-state index contributed by atoms with van der Waals surface area (Å²) in [7, 11) is -1.85. The second-order valence-electron chi connectivity index (χ2n) is 8.19. The van der Waals surface area contributed by atoms with E-state index >= 15 is 0 Å². The first-order valence-corrected chi connectivity index (χ1v) is 11.6. The van der Waals surface area contributed by atoms with Crippen molar-refractivity contribution in [2.24, 2.45) is 4.99 Å². The molecule has 0 aromatic heterocycles. The van der Waals surface area contributed by atoms with Gasteiger partial charge in [-0.1, -0.05) is 20.8 Å². The van der Waals surface area contributed by atoms with E-state index in [1.807, 2.05) is 11.8 Å². The van der Waals surface area contributed by atoms with Gasteiger partial charge in [-0.25, -0.2) is 0 Å². The second-order valence-corrected chi connectivity index (χ2v) is 13.8. The van der Waals surface area contributed by atoms with Gasteiger partial charge in [-0.3, -0.25) is 4.99 Å². The molecule has 1 heterocycles. The van der Waals surface area contributed by atoms with Gasteiger partial charge < -0.3 is 4.53 Å². The molecule has 0 aromatic rings. The van der Waals surface area contributed by atoms with E-state index < -0.39 is 8.32 Å². The van der Waals surface area contributed by atoms with Crippen LogP contribution in [0.15, 0.2) is 4.99 Å². The van der Waals surface area contributed by atoms with Crippen molar-refractivity contribution in [3.63, 3.8) is 0 Å². The van der Waals surface area contributed by atoms with E-state index in [4.69, 9.17) is 9.52 Å². The molecule has 1 aliphatic rings. The van der Waals surface area contributed by atoms with Crippen molar-refractivity contribution >= 4 is 25.8 Å². The van der Waals surface area contributed by atoms with Crippen LogP contribution < -0.4 is 0 Å². The number of aliphatic imine (C=N–C) groups is 1. The molecule has 0 unspecified atom stereocenters. The minimum absolute atomic E-state index is 0.137. The molecule has 0 radical (unpaired) electrons. The first kappa shape index (κ1) is 18.2. The van der Waals surface area contributed by atoms with Crippen molar-refractivity contribution in [2.45, 2.75) is 77.8 Å². The summed E-state index contributed by atoms with van der Waals surface area (Å²) in [5.74, 6) is 0.966. The first-order chi connectivity index (χ1) is 8.75. The Morgan fingerprint density at radius 2 is 1.70 bits per heavy atom. The average molecular weight is 317 g/mol. The molecular formula is C15H32N2OSSi. The summed E-state index contributed by atoms with van der Waals surface area (Å²) in [6.45, 7) is 20.2. The van der Waals surface area contributed by atoms with Crippen LogP contribution in [0.5, 0.6) is 0 Å². The van der Waals surface area contributed by atoms with Crippen LogP contribution in [0.3, 0.4) is 0 Å². The smallest absolute Gasteiger partial charge is 0.220 e. The molecule has 0 amide bonds. The van der Waals surface area contributed by atoms with Gasteiger partial charge in [0.1, 0.15) is 5.66 Å². The fourth-order valence-corrected chi connectivity index (χ4v) is 4.12. The molecule has 118 valence electrons. The Hall–Kier alpha value is 0.157. The van der Waals surface area contributed by atoms with Gasteiger partial charge >= 0.3 is 0 Å². The van der Waals surface area contributed by atoms with Crippen molar-refractivity contribution in [1.29, 1.82) is 0 Å². The van der Waals surface area contributed by atoms with Crippen LogP contribution in [-0.2, 0) is 4.53 Å². The number of hydrogen-bond donors (Lipinski definition) is 0. The quantitative estimate of drug-likeness (QED) is 0.711. The molecule has 0 aliphatic carbocycles. The number of nitrogens with zero attached hydrogens (tertiary/aromatic N) is 2. The molecule has 0 spiro atoms. The van der Waals surface area contributed by atoms with Crippen molar-refractivity contribution < 1.29 is 4.53 Å². The third kappa shape index (κ3) is 3.31. The van der Waals surface area contributed by atoms with Crippen LogP contribution in [-0.4, -0.2) is 42.3 Å². The molecule has 0 bridgehead atoms. The summed E-state index contributed by atoms with van der Waals surface area (Å²) < 4.78 is 6.62. The van der Waals surface area contributed by atoms with Gasteiger partial charge in [0.15, 0.2) is 0 Å². The van der Waals surface area contributed by atoms with E-state index in [0.29, 0.717) is 0 Å². The Kier molecular flexibility index (Phi) is 4.93. The topological polar surface area (TPSA) is 24.8 Å². The largest absolute Gasteiger partial charge is 0.339 e. The van der Waals surface area contributed by atoms with E-state index in [1.54, 1.807) is 0 Å². The van der Waals surface area contributed by atoms with Gasteiger partial charge in [0.25, 0.3) is 0 Å². The normalized spacial score (nSPS) is 23.0. The second kappa shape index (κ2) is 5.41. The van der Waals surface area contributed by atoms with E-state index in [1.165, 1.54) is 5.71 Å². The SMILES string of the molecule is CSCC1=NC(C)(C)N(O[Si](C)(C)C(C)(C)C)C1(C)C. The lowest BCUT2D eigenvalue weighted by Crippen LogP contribution is -2.58. The van der Waals surface area contributed by atoms with Gasteiger partial charge in [0, 0.05) is 11.5 Å². The third-order valence-electron chi connectivity index (χ3n) is 4.53. The van der Waals surface area contributed by atoms with E-state index in [0.717, 1.165) is 5.75 Å². The highest BCUT2D eigenvalue weighted by Crippen LogP contribution is 2.43. The van der Waals surface area contributed by atoms with E-state index in [2.05, 4.69) is 72.9 Å². The van der Waals surface area contributed by atoms with Crippen LogP contribution in [0, 0.1) is 0 Å². The maximum absolute atomic E-state index is 6.62. The number of rotatable bonds is 4. The molecule has 20 heavy (non-hydrogen) atoms. The molecule has 0 atom stereocenters. The highest BCUT2D eigenvalue weighted by molar-refractivity contribution is 7.99. The van der Waals surface area contributed by atoms with Gasteiger partial charge in [-0.15, -0.1) is 0 Å². The minimum Gasteiger partial charge on any atom is -0.339 e. The molecule has 3 nitrogen and oxygen atoms in total. The average Bonchev–Trinajstić information content (AvgIpc) is 2.37.